The molecule has 0 aromatic carbocycles. The number of hydrogen-bond acceptors (Lipinski definition) is 5. The van der Waals surface area contributed by atoms with E-state index >= 15 is 0 Å². The van der Waals surface area contributed by atoms with Gasteiger partial charge in [-0.2, -0.15) is 4.98 Å². The molecule has 5 nitrogen and oxygen atoms in total. The maximum Gasteiger partial charge on any atom is 0.227 e. The number of hydrogen-bond donors (Lipinski definition) is 1. The molecule has 2 aromatic rings. The predicted molar refractivity (Wildman–Crippen MR) is 86.9 cm³/mol. The molecular formula is C16H23ClN4O. The fraction of sp³-hybridized carbons (Fsp3) is 0.562. The minimum absolute atomic E-state index is 0. The number of rotatable bonds is 5. The second kappa shape index (κ2) is 7.70. The van der Waals surface area contributed by atoms with Gasteiger partial charge in [-0.25, -0.2) is 0 Å². The minimum Gasteiger partial charge on any atom is -0.339 e. The van der Waals surface area contributed by atoms with Crippen molar-refractivity contribution < 1.29 is 4.52 Å². The van der Waals surface area contributed by atoms with Crippen LogP contribution in [0.5, 0.6) is 0 Å². The van der Waals surface area contributed by atoms with Crippen LogP contribution in [-0.2, 0) is 12.8 Å². The van der Waals surface area contributed by atoms with E-state index < -0.39 is 0 Å². The van der Waals surface area contributed by atoms with Gasteiger partial charge >= 0.3 is 0 Å². The second-order valence-corrected chi connectivity index (χ2v) is 6.08. The van der Waals surface area contributed by atoms with Gasteiger partial charge < -0.3 is 10.3 Å². The second-order valence-electron chi connectivity index (χ2n) is 6.08. The number of aromatic nitrogens is 3. The molecule has 2 aromatic heterocycles. The lowest BCUT2D eigenvalue weighted by Gasteiger charge is -2.34. The Hall–Kier alpha value is -1.46. The summed E-state index contributed by atoms with van der Waals surface area (Å²) in [5.74, 6) is 1.45. The molecule has 120 valence electrons. The van der Waals surface area contributed by atoms with E-state index in [0.29, 0.717) is 13.0 Å². The van der Waals surface area contributed by atoms with Crippen molar-refractivity contribution in [2.75, 3.05) is 6.54 Å². The van der Waals surface area contributed by atoms with Crippen LogP contribution in [0, 0.1) is 5.41 Å². The molecule has 0 atom stereocenters. The predicted octanol–water partition coefficient (Wildman–Crippen LogP) is 2.93. The SMILES string of the molecule is Cl.NCC1(Cc2nc(Cc3cccnc3)no2)CCCCC1. The number of nitrogens with zero attached hydrogens (tertiary/aromatic N) is 3. The van der Waals surface area contributed by atoms with Crippen LogP contribution >= 0.6 is 12.4 Å². The Labute approximate surface area is 137 Å². The Bertz CT molecular complexity index is 567. The van der Waals surface area contributed by atoms with E-state index in [4.69, 9.17) is 10.3 Å². The summed E-state index contributed by atoms with van der Waals surface area (Å²) in [6.45, 7) is 0.702. The zero-order valence-electron chi connectivity index (χ0n) is 12.7. The van der Waals surface area contributed by atoms with E-state index in [1.807, 2.05) is 18.3 Å². The Kier molecular flexibility index (Phi) is 5.91. The van der Waals surface area contributed by atoms with Crippen LogP contribution in [0.3, 0.4) is 0 Å². The summed E-state index contributed by atoms with van der Waals surface area (Å²) in [6, 6.07) is 3.94. The summed E-state index contributed by atoms with van der Waals surface area (Å²) in [4.78, 5) is 8.63. The standard InChI is InChI=1S/C16H22N4O.ClH/c17-12-16(6-2-1-3-7-16)10-15-19-14(20-21-15)9-13-5-4-8-18-11-13;/h4-5,8,11H,1-3,6-7,9-10,12,17H2;1H. The molecule has 0 spiro atoms. The van der Waals surface area contributed by atoms with Crippen molar-refractivity contribution in [1.82, 2.24) is 15.1 Å². The zero-order valence-corrected chi connectivity index (χ0v) is 13.5. The Balaban J connectivity index is 0.00000176. The highest BCUT2D eigenvalue weighted by Crippen LogP contribution is 2.38. The van der Waals surface area contributed by atoms with Gasteiger partial charge in [0.2, 0.25) is 5.89 Å². The van der Waals surface area contributed by atoms with Gasteiger partial charge in [0.05, 0.1) is 0 Å². The van der Waals surface area contributed by atoms with Crippen LogP contribution in [0.4, 0.5) is 0 Å². The van der Waals surface area contributed by atoms with E-state index in [1.165, 1.54) is 32.1 Å². The fourth-order valence-electron chi connectivity index (χ4n) is 3.19. The third kappa shape index (κ3) is 4.05. The first-order chi connectivity index (χ1) is 10.3. The number of halogens is 1. The van der Waals surface area contributed by atoms with E-state index in [2.05, 4.69) is 15.1 Å². The van der Waals surface area contributed by atoms with Crippen LogP contribution in [-0.4, -0.2) is 21.7 Å². The zero-order chi connectivity index (χ0) is 14.5. The lowest BCUT2D eigenvalue weighted by molar-refractivity contribution is 0.177. The minimum atomic E-state index is 0. The summed E-state index contributed by atoms with van der Waals surface area (Å²) in [6.07, 6.45) is 11.2. The molecule has 0 saturated heterocycles. The highest BCUT2D eigenvalue weighted by Gasteiger charge is 2.32. The van der Waals surface area contributed by atoms with Crippen LogP contribution in [0.2, 0.25) is 0 Å². The summed E-state index contributed by atoms with van der Waals surface area (Å²) >= 11 is 0. The molecule has 0 unspecified atom stereocenters. The first kappa shape index (κ1) is 16.9. The van der Waals surface area contributed by atoms with Crippen LogP contribution < -0.4 is 5.73 Å². The molecule has 1 saturated carbocycles. The highest BCUT2D eigenvalue weighted by atomic mass is 35.5. The van der Waals surface area contributed by atoms with Gasteiger partial charge in [0.15, 0.2) is 5.82 Å². The van der Waals surface area contributed by atoms with Crippen LogP contribution in [0.15, 0.2) is 29.0 Å². The van der Waals surface area contributed by atoms with Crippen molar-refractivity contribution in [3.05, 3.63) is 41.8 Å². The van der Waals surface area contributed by atoms with Gasteiger partial charge in [0.25, 0.3) is 0 Å². The monoisotopic (exact) mass is 322 g/mol. The molecule has 6 heteroatoms. The van der Waals surface area contributed by atoms with Crippen molar-refractivity contribution in [3.63, 3.8) is 0 Å². The first-order valence-corrected chi connectivity index (χ1v) is 7.70. The van der Waals surface area contributed by atoms with E-state index in [0.717, 1.165) is 23.7 Å². The molecule has 3 rings (SSSR count). The molecule has 0 radical (unpaired) electrons. The lowest BCUT2D eigenvalue weighted by atomic mass is 9.72. The number of pyridine rings is 1. The van der Waals surface area contributed by atoms with Crippen molar-refractivity contribution in [2.45, 2.75) is 44.9 Å². The third-order valence-electron chi connectivity index (χ3n) is 4.47. The molecule has 1 fully saturated rings. The van der Waals surface area contributed by atoms with Crippen molar-refractivity contribution in [1.29, 1.82) is 0 Å². The topological polar surface area (TPSA) is 77.8 Å². The van der Waals surface area contributed by atoms with E-state index in [9.17, 15) is 0 Å². The summed E-state index contributed by atoms with van der Waals surface area (Å²) < 4.78 is 5.43. The molecule has 1 aliphatic carbocycles. The van der Waals surface area contributed by atoms with Gasteiger partial charge in [-0.05, 0) is 36.4 Å². The van der Waals surface area contributed by atoms with Crippen LogP contribution in [0.25, 0.3) is 0 Å². The molecule has 0 amide bonds. The maximum absolute atomic E-state index is 6.02. The molecule has 22 heavy (non-hydrogen) atoms. The average Bonchev–Trinajstić information content (AvgIpc) is 2.96. The largest absolute Gasteiger partial charge is 0.339 e. The third-order valence-corrected chi connectivity index (χ3v) is 4.47. The molecule has 1 aliphatic rings. The average molecular weight is 323 g/mol. The van der Waals surface area contributed by atoms with Gasteiger partial charge in [0.1, 0.15) is 0 Å². The van der Waals surface area contributed by atoms with Gasteiger partial charge in [0, 0.05) is 25.2 Å². The quantitative estimate of drug-likeness (QED) is 0.915. The van der Waals surface area contributed by atoms with Crippen molar-refractivity contribution in [2.24, 2.45) is 11.1 Å². The van der Waals surface area contributed by atoms with Crippen molar-refractivity contribution in [3.8, 4) is 0 Å². The van der Waals surface area contributed by atoms with Gasteiger partial charge in [-0.15, -0.1) is 12.4 Å². The number of nitrogens with two attached hydrogens (primary N) is 1. The van der Waals surface area contributed by atoms with Gasteiger partial charge in [-0.3, -0.25) is 4.98 Å². The molecule has 0 aliphatic heterocycles. The lowest BCUT2D eigenvalue weighted by Crippen LogP contribution is -2.35. The molecular weight excluding hydrogens is 300 g/mol. The Morgan fingerprint density at radius 3 is 2.73 bits per heavy atom. The Morgan fingerprint density at radius 1 is 1.23 bits per heavy atom. The van der Waals surface area contributed by atoms with E-state index in [-0.39, 0.29) is 17.8 Å². The molecule has 2 N–H and O–H groups in total. The fourth-order valence-corrected chi connectivity index (χ4v) is 3.19. The first-order valence-electron chi connectivity index (χ1n) is 7.70. The summed E-state index contributed by atoms with van der Waals surface area (Å²) in [7, 11) is 0. The normalized spacial score (nSPS) is 17.0. The van der Waals surface area contributed by atoms with Crippen molar-refractivity contribution >= 4 is 12.4 Å². The summed E-state index contributed by atoms with van der Waals surface area (Å²) in [5.41, 5.74) is 7.27. The molecule has 0 bridgehead atoms. The maximum atomic E-state index is 6.02. The Morgan fingerprint density at radius 2 is 2.05 bits per heavy atom. The highest BCUT2D eigenvalue weighted by molar-refractivity contribution is 5.85. The summed E-state index contributed by atoms with van der Waals surface area (Å²) in [5, 5.41) is 4.09. The smallest absolute Gasteiger partial charge is 0.227 e. The van der Waals surface area contributed by atoms with Gasteiger partial charge in [-0.1, -0.05) is 30.5 Å². The molecule has 2 heterocycles. The van der Waals surface area contributed by atoms with Crippen LogP contribution in [0.1, 0.15) is 49.4 Å². The van der Waals surface area contributed by atoms with E-state index in [1.54, 1.807) is 6.20 Å².